The van der Waals surface area contributed by atoms with Gasteiger partial charge in [-0.1, -0.05) is 6.07 Å². The van der Waals surface area contributed by atoms with Crippen LogP contribution in [0.3, 0.4) is 0 Å². The van der Waals surface area contributed by atoms with E-state index >= 15 is 0 Å². The van der Waals surface area contributed by atoms with E-state index < -0.39 is 5.97 Å². The Kier molecular flexibility index (Phi) is 4.88. The number of nitrogen functional groups attached to an aromatic ring is 1. The second kappa shape index (κ2) is 7.43. The number of methoxy groups -OCH3 is 1. The Morgan fingerprint density at radius 3 is 2.69 bits per heavy atom. The van der Waals surface area contributed by atoms with Crippen molar-refractivity contribution >= 4 is 23.3 Å². The van der Waals surface area contributed by atoms with Gasteiger partial charge in [0.2, 0.25) is 11.7 Å². The number of aromatic nitrogens is 4. The van der Waals surface area contributed by atoms with E-state index in [4.69, 9.17) is 5.73 Å². The van der Waals surface area contributed by atoms with E-state index in [1.54, 1.807) is 42.5 Å². The number of anilines is 2. The van der Waals surface area contributed by atoms with Gasteiger partial charge in [-0.2, -0.15) is 4.80 Å². The van der Waals surface area contributed by atoms with Gasteiger partial charge in [0.1, 0.15) is 6.54 Å². The van der Waals surface area contributed by atoms with Crippen molar-refractivity contribution in [2.24, 2.45) is 0 Å². The predicted molar refractivity (Wildman–Crippen MR) is 94.1 cm³/mol. The molecule has 0 atom stereocenters. The van der Waals surface area contributed by atoms with E-state index in [0.29, 0.717) is 22.8 Å². The number of ether oxygens (including phenoxy) is 1. The minimum absolute atomic E-state index is 0.121. The van der Waals surface area contributed by atoms with E-state index in [2.05, 4.69) is 25.5 Å². The number of nitrogens with two attached hydrogens (primary N) is 1. The maximum absolute atomic E-state index is 12.2. The molecule has 0 aliphatic heterocycles. The molecule has 0 bridgehead atoms. The fourth-order valence-electron chi connectivity index (χ4n) is 2.23. The highest BCUT2D eigenvalue weighted by atomic mass is 16.5. The third kappa shape index (κ3) is 4.01. The molecule has 1 amide bonds. The zero-order chi connectivity index (χ0) is 18.5. The zero-order valence-electron chi connectivity index (χ0n) is 13.9. The van der Waals surface area contributed by atoms with Gasteiger partial charge in [-0.3, -0.25) is 4.79 Å². The quantitative estimate of drug-likeness (QED) is 0.524. The van der Waals surface area contributed by atoms with Gasteiger partial charge in [-0.05, 0) is 47.7 Å². The van der Waals surface area contributed by atoms with E-state index in [-0.39, 0.29) is 12.5 Å². The minimum atomic E-state index is -0.479. The summed E-state index contributed by atoms with van der Waals surface area (Å²) in [6.45, 7) is -0.121. The van der Waals surface area contributed by atoms with E-state index in [1.165, 1.54) is 18.0 Å². The normalized spacial score (nSPS) is 10.3. The van der Waals surface area contributed by atoms with Crippen LogP contribution in [0.5, 0.6) is 0 Å². The summed E-state index contributed by atoms with van der Waals surface area (Å²) in [5.74, 6) is -0.439. The van der Waals surface area contributed by atoms with E-state index in [9.17, 15) is 9.59 Å². The van der Waals surface area contributed by atoms with Crippen LogP contribution in [0.15, 0.2) is 48.5 Å². The average Bonchev–Trinajstić information content (AvgIpc) is 3.10. The number of benzene rings is 2. The minimum Gasteiger partial charge on any atom is -0.465 e. The standard InChI is InChI=1S/C17H16N6O3/c1-26-17(25)12-3-2-4-14(9-12)19-15(24)10-23-21-16(20-22-23)11-5-7-13(18)8-6-11/h2-9H,10,18H2,1H3,(H,19,24). The molecule has 3 rings (SSSR count). The van der Waals surface area contributed by atoms with Crippen LogP contribution in [0.2, 0.25) is 0 Å². The maximum Gasteiger partial charge on any atom is 0.337 e. The second-order valence-electron chi connectivity index (χ2n) is 5.39. The lowest BCUT2D eigenvalue weighted by atomic mass is 10.2. The summed E-state index contributed by atoms with van der Waals surface area (Å²) in [6.07, 6.45) is 0. The largest absolute Gasteiger partial charge is 0.465 e. The maximum atomic E-state index is 12.2. The molecule has 9 nitrogen and oxygen atoms in total. The van der Waals surface area contributed by atoms with Gasteiger partial charge in [0.25, 0.3) is 0 Å². The number of amides is 1. The van der Waals surface area contributed by atoms with Gasteiger partial charge in [0.05, 0.1) is 12.7 Å². The van der Waals surface area contributed by atoms with Gasteiger partial charge >= 0.3 is 5.97 Å². The second-order valence-corrected chi connectivity index (χ2v) is 5.39. The molecule has 0 saturated heterocycles. The number of carbonyl (C=O) groups is 2. The Balaban J connectivity index is 1.65. The Morgan fingerprint density at radius 1 is 1.19 bits per heavy atom. The van der Waals surface area contributed by atoms with Crippen molar-refractivity contribution in [1.29, 1.82) is 0 Å². The molecule has 0 aliphatic rings. The van der Waals surface area contributed by atoms with Crippen molar-refractivity contribution in [3.8, 4) is 11.4 Å². The van der Waals surface area contributed by atoms with Crippen LogP contribution in [0.25, 0.3) is 11.4 Å². The summed E-state index contributed by atoms with van der Waals surface area (Å²) >= 11 is 0. The molecule has 0 aliphatic carbocycles. The Hall–Kier alpha value is -3.75. The summed E-state index contributed by atoms with van der Waals surface area (Å²) in [5, 5.41) is 14.6. The van der Waals surface area contributed by atoms with Crippen LogP contribution < -0.4 is 11.1 Å². The molecule has 0 unspecified atom stereocenters. The number of rotatable bonds is 5. The molecule has 0 saturated carbocycles. The molecule has 0 spiro atoms. The van der Waals surface area contributed by atoms with Crippen LogP contribution in [0.1, 0.15) is 10.4 Å². The predicted octanol–water partition coefficient (Wildman–Crippen LogP) is 1.35. The molecule has 9 heteroatoms. The number of esters is 1. The lowest BCUT2D eigenvalue weighted by Gasteiger charge is -2.06. The van der Waals surface area contributed by atoms with Crippen molar-refractivity contribution in [3.05, 3.63) is 54.1 Å². The first-order valence-electron chi connectivity index (χ1n) is 7.67. The van der Waals surface area contributed by atoms with Gasteiger partial charge < -0.3 is 15.8 Å². The highest BCUT2D eigenvalue weighted by molar-refractivity contribution is 5.94. The third-order valence-electron chi connectivity index (χ3n) is 3.47. The van der Waals surface area contributed by atoms with Crippen molar-refractivity contribution in [2.45, 2.75) is 6.54 Å². The SMILES string of the molecule is COC(=O)c1cccc(NC(=O)Cn2nnc(-c3ccc(N)cc3)n2)c1. The monoisotopic (exact) mass is 352 g/mol. The summed E-state index contributed by atoms with van der Waals surface area (Å²) in [7, 11) is 1.29. The van der Waals surface area contributed by atoms with Gasteiger partial charge in [0, 0.05) is 16.9 Å². The molecule has 2 aromatic carbocycles. The number of tetrazole rings is 1. The first kappa shape index (κ1) is 17.1. The molecule has 3 N–H and O–H groups in total. The first-order valence-corrected chi connectivity index (χ1v) is 7.67. The fourth-order valence-corrected chi connectivity index (χ4v) is 2.23. The molecular weight excluding hydrogens is 336 g/mol. The molecule has 3 aromatic rings. The number of carbonyl (C=O) groups excluding carboxylic acids is 2. The van der Waals surface area contributed by atoms with E-state index in [0.717, 1.165) is 5.56 Å². The zero-order valence-corrected chi connectivity index (χ0v) is 13.9. The lowest BCUT2D eigenvalue weighted by Crippen LogP contribution is -2.20. The Bertz CT molecular complexity index is 936. The summed E-state index contributed by atoms with van der Waals surface area (Å²) in [5.41, 5.74) is 7.84. The van der Waals surface area contributed by atoms with Gasteiger partial charge in [-0.25, -0.2) is 4.79 Å². The molecule has 132 valence electrons. The van der Waals surface area contributed by atoms with Crippen molar-refractivity contribution in [2.75, 3.05) is 18.2 Å². The highest BCUT2D eigenvalue weighted by Gasteiger charge is 2.11. The van der Waals surface area contributed by atoms with Crippen LogP contribution in [-0.2, 0) is 16.1 Å². The van der Waals surface area contributed by atoms with Gasteiger partial charge in [0.15, 0.2) is 0 Å². The van der Waals surface area contributed by atoms with Crippen LogP contribution >= 0.6 is 0 Å². The van der Waals surface area contributed by atoms with Crippen LogP contribution in [-0.4, -0.2) is 39.2 Å². The summed E-state index contributed by atoms with van der Waals surface area (Å²) in [6, 6.07) is 13.4. The molecule has 0 fully saturated rings. The molecule has 1 aromatic heterocycles. The molecule has 26 heavy (non-hydrogen) atoms. The first-order chi connectivity index (χ1) is 12.5. The van der Waals surface area contributed by atoms with Crippen molar-refractivity contribution in [1.82, 2.24) is 20.2 Å². The average molecular weight is 352 g/mol. The van der Waals surface area contributed by atoms with Crippen molar-refractivity contribution < 1.29 is 14.3 Å². The van der Waals surface area contributed by atoms with Crippen LogP contribution in [0.4, 0.5) is 11.4 Å². The number of nitrogens with one attached hydrogen (secondary N) is 1. The number of hydrogen-bond acceptors (Lipinski definition) is 7. The smallest absolute Gasteiger partial charge is 0.337 e. The summed E-state index contributed by atoms with van der Waals surface area (Å²) in [4.78, 5) is 24.9. The van der Waals surface area contributed by atoms with Crippen molar-refractivity contribution in [3.63, 3.8) is 0 Å². The Labute approximate surface area is 148 Å². The molecular formula is C17H16N6O3. The van der Waals surface area contributed by atoms with Gasteiger partial charge in [-0.15, -0.1) is 10.2 Å². The highest BCUT2D eigenvalue weighted by Crippen LogP contribution is 2.15. The van der Waals surface area contributed by atoms with E-state index in [1.807, 2.05) is 0 Å². The Morgan fingerprint density at radius 2 is 1.96 bits per heavy atom. The summed E-state index contributed by atoms with van der Waals surface area (Å²) < 4.78 is 4.65. The van der Waals surface area contributed by atoms with Crippen LogP contribution in [0, 0.1) is 0 Å². The number of nitrogens with zero attached hydrogens (tertiary/aromatic N) is 4. The molecule has 1 heterocycles. The lowest BCUT2D eigenvalue weighted by molar-refractivity contribution is -0.117. The molecule has 0 radical (unpaired) electrons. The fraction of sp³-hybridized carbons (Fsp3) is 0.118. The number of hydrogen-bond donors (Lipinski definition) is 2. The topological polar surface area (TPSA) is 125 Å². The third-order valence-corrected chi connectivity index (χ3v) is 3.47.